The molecule has 1 unspecified atom stereocenters. The Morgan fingerprint density at radius 1 is 1.47 bits per heavy atom. The normalized spacial score (nSPS) is 18.2. The van der Waals surface area contributed by atoms with Crippen LogP contribution in [0, 0.1) is 17.2 Å². The van der Waals surface area contributed by atoms with Crippen LogP contribution in [0.3, 0.4) is 0 Å². The highest BCUT2D eigenvalue weighted by molar-refractivity contribution is 7.16. The molecular formula is C21H21N3O4S2. The molecule has 2 amide bonds. The molecule has 156 valence electrons. The number of hydrogen-bond donors (Lipinski definition) is 1. The van der Waals surface area contributed by atoms with Crippen molar-refractivity contribution in [1.82, 2.24) is 5.06 Å². The van der Waals surface area contributed by atoms with E-state index >= 15 is 0 Å². The number of fused-ring (bicyclic) bond motifs is 1. The van der Waals surface area contributed by atoms with Crippen molar-refractivity contribution in [2.75, 3.05) is 25.1 Å². The van der Waals surface area contributed by atoms with Gasteiger partial charge in [0.05, 0.1) is 25.3 Å². The maximum Gasteiger partial charge on any atom is 0.433 e. The van der Waals surface area contributed by atoms with Crippen molar-refractivity contribution in [2.45, 2.75) is 25.7 Å². The number of carbonyl (C=O) groups excluding carboxylic acids is 2. The molecule has 30 heavy (non-hydrogen) atoms. The molecule has 2 aromatic heterocycles. The Kier molecular flexibility index (Phi) is 6.47. The molecule has 0 radical (unpaired) electrons. The van der Waals surface area contributed by atoms with Gasteiger partial charge in [0, 0.05) is 11.0 Å². The molecule has 9 heteroatoms. The second kappa shape index (κ2) is 9.43. The summed E-state index contributed by atoms with van der Waals surface area (Å²) in [5.74, 6) is -0.0660. The summed E-state index contributed by atoms with van der Waals surface area (Å²) in [6, 6.07) is 4.18. The standard InChI is InChI=1S/C21H21N3O4S2/c22-11-17-16-4-2-15(12-27-21(26)24-7-1-8-28-24)10-18(16)30-20(17)23-19(25)5-3-14-6-9-29-13-14/h3,5-6,9,13,15H,1-2,4,7-8,10,12H2,(H,23,25). The van der Waals surface area contributed by atoms with Crippen LogP contribution in [0.25, 0.3) is 6.08 Å². The van der Waals surface area contributed by atoms with Crippen molar-refractivity contribution in [1.29, 1.82) is 5.26 Å². The fourth-order valence-corrected chi connectivity index (χ4v) is 5.49. The first-order valence-corrected chi connectivity index (χ1v) is 11.5. The molecule has 1 N–H and O–H groups in total. The smallest absolute Gasteiger partial charge is 0.433 e. The molecule has 7 nitrogen and oxygen atoms in total. The van der Waals surface area contributed by atoms with Crippen LogP contribution in [0.15, 0.2) is 22.9 Å². The largest absolute Gasteiger partial charge is 0.448 e. The lowest BCUT2D eigenvalue weighted by Crippen LogP contribution is -2.30. The van der Waals surface area contributed by atoms with Gasteiger partial charge < -0.3 is 10.1 Å². The van der Waals surface area contributed by atoms with E-state index in [0.717, 1.165) is 41.7 Å². The highest BCUT2D eigenvalue weighted by Gasteiger charge is 2.28. The zero-order valence-corrected chi connectivity index (χ0v) is 17.9. The van der Waals surface area contributed by atoms with Gasteiger partial charge in [-0.1, -0.05) is 0 Å². The van der Waals surface area contributed by atoms with Crippen molar-refractivity contribution in [3.63, 3.8) is 0 Å². The van der Waals surface area contributed by atoms with Crippen LogP contribution in [0.2, 0.25) is 0 Å². The molecule has 1 saturated heterocycles. The number of nitriles is 1. The topological polar surface area (TPSA) is 91.7 Å². The fraction of sp³-hybridized carbons (Fsp3) is 0.381. The van der Waals surface area contributed by atoms with E-state index < -0.39 is 6.09 Å². The Balaban J connectivity index is 1.37. The fourth-order valence-electron chi connectivity index (χ4n) is 3.55. The first kappa shape index (κ1) is 20.6. The summed E-state index contributed by atoms with van der Waals surface area (Å²) in [4.78, 5) is 30.6. The van der Waals surface area contributed by atoms with Crippen LogP contribution in [-0.2, 0) is 27.2 Å². The molecule has 0 spiro atoms. The molecule has 1 aliphatic carbocycles. The third-order valence-electron chi connectivity index (χ3n) is 5.09. The summed E-state index contributed by atoms with van der Waals surface area (Å²) < 4.78 is 5.40. The van der Waals surface area contributed by atoms with E-state index in [4.69, 9.17) is 9.57 Å². The minimum Gasteiger partial charge on any atom is -0.448 e. The van der Waals surface area contributed by atoms with E-state index in [-0.39, 0.29) is 11.8 Å². The molecule has 1 atom stereocenters. The number of rotatable bonds is 5. The van der Waals surface area contributed by atoms with E-state index in [1.54, 1.807) is 17.4 Å². The Labute approximate surface area is 182 Å². The second-order valence-corrected chi connectivity index (χ2v) is 9.06. The molecule has 0 aromatic carbocycles. The molecule has 0 bridgehead atoms. The zero-order chi connectivity index (χ0) is 20.9. The van der Waals surface area contributed by atoms with Crippen molar-refractivity contribution >= 4 is 45.8 Å². The van der Waals surface area contributed by atoms with Crippen molar-refractivity contribution in [2.24, 2.45) is 5.92 Å². The van der Waals surface area contributed by atoms with Gasteiger partial charge in [-0.2, -0.15) is 21.7 Å². The van der Waals surface area contributed by atoms with E-state index in [1.807, 2.05) is 16.8 Å². The van der Waals surface area contributed by atoms with Crippen LogP contribution >= 0.6 is 22.7 Å². The maximum atomic E-state index is 12.3. The first-order chi connectivity index (χ1) is 14.6. The quantitative estimate of drug-likeness (QED) is 0.699. The van der Waals surface area contributed by atoms with Gasteiger partial charge >= 0.3 is 6.09 Å². The molecule has 3 heterocycles. The average molecular weight is 444 g/mol. The number of thiophene rings is 2. The lowest BCUT2D eigenvalue weighted by molar-refractivity contribution is -0.111. The maximum absolute atomic E-state index is 12.3. The predicted molar refractivity (Wildman–Crippen MR) is 115 cm³/mol. The summed E-state index contributed by atoms with van der Waals surface area (Å²) in [6.45, 7) is 1.43. The SMILES string of the molecule is N#Cc1c(NC(=O)C=Cc2ccsc2)sc2c1CCC(COC(=O)N1CCCO1)C2. The van der Waals surface area contributed by atoms with Gasteiger partial charge in [-0.15, -0.1) is 11.3 Å². The summed E-state index contributed by atoms with van der Waals surface area (Å²) in [5, 5.41) is 18.2. The van der Waals surface area contributed by atoms with E-state index in [0.29, 0.717) is 30.3 Å². The van der Waals surface area contributed by atoms with Gasteiger partial charge in [0.1, 0.15) is 11.1 Å². The average Bonchev–Trinajstić information content (AvgIpc) is 3.51. The van der Waals surface area contributed by atoms with Crippen LogP contribution in [0.4, 0.5) is 9.80 Å². The number of hydroxylamine groups is 2. The van der Waals surface area contributed by atoms with Crippen molar-refractivity contribution in [3.05, 3.63) is 44.5 Å². The lowest BCUT2D eigenvalue weighted by Gasteiger charge is -2.23. The van der Waals surface area contributed by atoms with Gasteiger partial charge in [-0.3, -0.25) is 9.63 Å². The third kappa shape index (κ3) is 4.73. The van der Waals surface area contributed by atoms with E-state index in [2.05, 4.69) is 11.4 Å². The Hall–Kier alpha value is -2.67. The Morgan fingerprint density at radius 3 is 3.10 bits per heavy atom. The number of nitrogens with one attached hydrogen (secondary N) is 1. The predicted octanol–water partition coefficient (Wildman–Crippen LogP) is 4.21. The highest BCUT2D eigenvalue weighted by atomic mass is 32.1. The monoisotopic (exact) mass is 443 g/mol. The zero-order valence-electron chi connectivity index (χ0n) is 16.3. The molecule has 1 aliphatic heterocycles. The number of carbonyl (C=O) groups is 2. The number of hydrogen-bond acceptors (Lipinski definition) is 7. The van der Waals surface area contributed by atoms with Gasteiger partial charge in [0.2, 0.25) is 5.91 Å². The molecule has 2 aliphatic rings. The van der Waals surface area contributed by atoms with E-state index in [9.17, 15) is 14.9 Å². The highest BCUT2D eigenvalue weighted by Crippen LogP contribution is 2.39. The minimum atomic E-state index is -0.437. The van der Waals surface area contributed by atoms with Gasteiger partial charge in [0.15, 0.2) is 0 Å². The number of anilines is 1. The lowest BCUT2D eigenvalue weighted by atomic mass is 9.88. The molecule has 1 fully saturated rings. The first-order valence-electron chi connectivity index (χ1n) is 9.77. The van der Waals surface area contributed by atoms with Crippen LogP contribution < -0.4 is 5.32 Å². The molecule has 0 saturated carbocycles. The van der Waals surface area contributed by atoms with Gasteiger partial charge in [-0.25, -0.2) is 4.79 Å². The summed E-state index contributed by atoms with van der Waals surface area (Å²) >= 11 is 3.01. The Bertz CT molecular complexity index is 985. The Morgan fingerprint density at radius 2 is 2.37 bits per heavy atom. The van der Waals surface area contributed by atoms with E-state index in [1.165, 1.54) is 22.5 Å². The number of amides is 2. The van der Waals surface area contributed by atoms with Crippen LogP contribution in [0.5, 0.6) is 0 Å². The summed E-state index contributed by atoms with van der Waals surface area (Å²) in [6.07, 6.45) is 5.90. The van der Waals surface area contributed by atoms with Gasteiger partial charge in [0.25, 0.3) is 0 Å². The summed E-state index contributed by atoms with van der Waals surface area (Å²) in [7, 11) is 0. The minimum absolute atomic E-state index is 0.191. The molecule has 4 rings (SSSR count). The molecule has 2 aromatic rings. The second-order valence-electron chi connectivity index (χ2n) is 7.17. The number of nitrogens with zero attached hydrogens (tertiary/aromatic N) is 2. The number of ether oxygens (including phenoxy) is 1. The van der Waals surface area contributed by atoms with Crippen LogP contribution in [-0.4, -0.2) is 36.8 Å². The molecular weight excluding hydrogens is 422 g/mol. The van der Waals surface area contributed by atoms with Crippen molar-refractivity contribution in [3.8, 4) is 6.07 Å². The van der Waals surface area contributed by atoms with Crippen LogP contribution in [0.1, 0.15) is 34.4 Å². The summed E-state index contributed by atoms with van der Waals surface area (Å²) in [5.41, 5.74) is 2.52. The van der Waals surface area contributed by atoms with Crippen molar-refractivity contribution < 1.29 is 19.2 Å². The third-order valence-corrected chi connectivity index (χ3v) is 6.96. The van der Waals surface area contributed by atoms with Gasteiger partial charge in [-0.05, 0) is 65.6 Å².